The van der Waals surface area contributed by atoms with Crippen molar-refractivity contribution in [3.05, 3.63) is 12.2 Å². The van der Waals surface area contributed by atoms with Gasteiger partial charge >= 0.3 is 6.09 Å². The number of hydrogen-bond donors (Lipinski definition) is 3. The Labute approximate surface area is 172 Å². The molecule has 2 atom stereocenters. The lowest BCUT2D eigenvalue weighted by molar-refractivity contribution is 0.0405. The van der Waals surface area contributed by atoms with Crippen molar-refractivity contribution in [3.63, 3.8) is 0 Å². The maximum absolute atomic E-state index is 11.7. The predicted molar refractivity (Wildman–Crippen MR) is 116 cm³/mol. The molecule has 0 aliphatic carbocycles. The predicted octanol–water partition coefficient (Wildman–Crippen LogP) is 5.49. The summed E-state index contributed by atoms with van der Waals surface area (Å²) in [6.45, 7) is 7.21. The van der Waals surface area contributed by atoms with E-state index >= 15 is 0 Å². The van der Waals surface area contributed by atoms with Gasteiger partial charge in [-0.05, 0) is 33.6 Å². The van der Waals surface area contributed by atoms with Gasteiger partial charge in [-0.2, -0.15) is 0 Å². The first-order valence-electron chi connectivity index (χ1n) is 11.2. The summed E-state index contributed by atoms with van der Waals surface area (Å²) in [4.78, 5) is 11.7. The van der Waals surface area contributed by atoms with Crippen LogP contribution in [-0.4, -0.2) is 40.7 Å². The molecule has 0 bridgehead atoms. The molecule has 166 valence electrons. The minimum Gasteiger partial charge on any atom is -0.444 e. The molecule has 1 amide bonds. The van der Waals surface area contributed by atoms with E-state index in [2.05, 4.69) is 12.2 Å². The van der Waals surface area contributed by atoms with Gasteiger partial charge in [-0.25, -0.2) is 4.79 Å². The molecular weight excluding hydrogens is 354 g/mol. The lowest BCUT2D eigenvalue weighted by Gasteiger charge is -2.24. The van der Waals surface area contributed by atoms with E-state index in [4.69, 9.17) is 4.74 Å². The summed E-state index contributed by atoms with van der Waals surface area (Å²) in [6, 6.07) is -0.761. The Hall–Kier alpha value is -1.07. The number of hydrogen-bond acceptors (Lipinski definition) is 4. The Kier molecular flexibility index (Phi) is 16.2. The molecule has 5 nitrogen and oxygen atoms in total. The molecule has 28 heavy (non-hydrogen) atoms. The summed E-state index contributed by atoms with van der Waals surface area (Å²) >= 11 is 0. The number of alkyl carbamates (subject to hydrolysis) is 1. The fourth-order valence-electron chi connectivity index (χ4n) is 2.99. The number of carbonyl (C=O) groups excluding carboxylic acids is 1. The number of aliphatic hydroxyl groups excluding tert-OH is 2. The molecule has 0 radical (unpaired) electrons. The largest absolute Gasteiger partial charge is 0.444 e. The van der Waals surface area contributed by atoms with Crippen molar-refractivity contribution in [2.24, 2.45) is 0 Å². The molecule has 0 saturated carbocycles. The van der Waals surface area contributed by atoms with Crippen LogP contribution in [0.5, 0.6) is 0 Å². The van der Waals surface area contributed by atoms with Crippen LogP contribution in [-0.2, 0) is 4.74 Å². The number of rotatable bonds is 16. The van der Waals surface area contributed by atoms with Crippen molar-refractivity contribution in [1.29, 1.82) is 0 Å². The molecule has 0 spiro atoms. The minimum absolute atomic E-state index is 0.344. The number of nitrogens with one attached hydrogen (secondary N) is 1. The molecule has 0 aliphatic heterocycles. The van der Waals surface area contributed by atoms with E-state index < -0.39 is 23.8 Å². The highest BCUT2D eigenvalue weighted by Gasteiger charge is 2.22. The van der Waals surface area contributed by atoms with Crippen molar-refractivity contribution in [1.82, 2.24) is 5.32 Å². The second-order valence-electron chi connectivity index (χ2n) is 8.68. The van der Waals surface area contributed by atoms with E-state index in [1.54, 1.807) is 26.8 Å². The molecule has 0 aliphatic rings. The van der Waals surface area contributed by atoms with Gasteiger partial charge in [-0.3, -0.25) is 0 Å². The second-order valence-corrected chi connectivity index (χ2v) is 8.68. The molecular formula is C23H45NO4. The summed E-state index contributed by atoms with van der Waals surface area (Å²) in [7, 11) is 0. The van der Waals surface area contributed by atoms with Crippen LogP contribution in [0.2, 0.25) is 0 Å². The number of unbranched alkanes of at least 4 members (excludes halogenated alkanes) is 11. The highest BCUT2D eigenvalue weighted by molar-refractivity contribution is 5.68. The highest BCUT2D eigenvalue weighted by Crippen LogP contribution is 2.12. The lowest BCUT2D eigenvalue weighted by atomic mass is 10.0. The van der Waals surface area contributed by atoms with Crippen molar-refractivity contribution in [2.75, 3.05) is 6.61 Å². The number of aliphatic hydroxyl groups is 2. The van der Waals surface area contributed by atoms with Gasteiger partial charge in [0.1, 0.15) is 5.60 Å². The average molecular weight is 400 g/mol. The van der Waals surface area contributed by atoms with Gasteiger partial charge in [-0.1, -0.05) is 83.3 Å². The molecule has 0 rings (SSSR count). The summed E-state index contributed by atoms with van der Waals surface area (Å²) in [5.74, 6) is 0. The van der Waals surface area contributed by atoms with Gasteiger partial charge in [0.05, 0.1) is 18.8 Å². The first-order chi connectivity index (χ1) is 13.3. The first kappa shape index (κ1) is 26.9. The van der Waals surface area contributed by atoms with E-state index in [1.807, 2.05) is 6.08 Å². The molecule has 0 heterocycles. The van der Waals surface area contributed by atoms with Crippen LogP contribution >= 0.6 is 0 Å². The topological polar surface area (TPSA) is 78.8 Å². The zero-order valence-electron chi connectivity index (χ0n) is 18.7. The van der Waals surface area contributed by atoms with Crippen molar-refractivity contribution < 1.29 is 19.7 Å². The lowest BCUT2D eigenvalue weighted by Crippen LogP contribution is -2.47. The van der Waals surface area contributed by atoms with E-state index in [9.17, 15) is 15.0 Å². The third kappa shape index (κ3) is 17.1. The van der Waals surface area contributed by atoms with Crippen LogP contribution in [0.25, 0.3) is 0 Å². The monoisotopic (exact) mass is 399 g/mol. The molecule has 0 aromatic carbocycles. The molecule has 0 aromatic heterocycles. The SMILES string of the molecule is CCCCCCCCCCCCCC=C[C@@H](O)[C@H](CO)NC(=O)OC(C)(C)C. The van der Waals surface area contributed by atoms with Gasteiger partial charge in [-0.15, -0.1) is 0 Å². The number of ether oxygens (including phenoxy) is 1. The fraction of sp³-hybridized carbons (Fsp3) is 0.870. The van der Waals surface area contributed by atoms with E-state index in [0.717, 1.165) is 12.8 Å². The van der Waals surface area contributed by atoms with Crippen LogP contribution in [0.4, 0.5) is 4.79 Å². The van der Waals surface area contributed by atoms with Gasteiger partial charge in [0.25, 0.3) is 0 Å². The summed E-state index contributed by atoms with van der Waals surface area (Å²) in [5, 5.41) is 22.0. The van der Waals surface area contributed by atoms with Gasteiger partial charge in [0, 0.05) is 0 Å². The second kappa shape index (κ2) is 16.8. The standard InChI is InChI=1S/C23H45NO4/c1-5-6-7-8-9-10-11-12-13-14-15-16-17-18-21(26)20(19-25)24-22(27)28-23(2,3)4/h17-18,20-21,25-26H,5-16,19H2,1-4H3,(H,24,27)/t20-,21+/m0/s1. The van der Waals surface area contributed by atoms with Gasteiger partial charge in [0.2, 0.25) is 0 Å². The van der Waals surface area contributed by atoms with Crippen LogP contribution in [0.1, 0.15) is 105 Å². The van der Waals surface area contributed by atoms with Gasteiger partial charge < -0.3 is 20.3 Å². The van der Waals surface area contributed by atoms with Crippen molar-refractivity contribution in [3.8, 4) is 0 Å². The van der Waals surface area contributed by atoms with E-state index in [-0.39, 0.29) is 6.61 Å². The molecule has 5 heteroatoms. The Morgan fingerprint density at radius 1 is 0.964 bits per heavy atom. The minimum atomic E-state index is -0.926. The summed E-state index contributed by atoms with van der Waals surface area (Å²) in [6.07, 6.45) is 17.3. The fourth-order valence-corrected chi connectivity index (χ4v) is 2.99. The van der Waals surface area contributed by atoms with Crippen molar-refractivity contribution >= 4 is 6.09 Å². The maximum atomic E-state index is 11.7. The smallest absolute Gasteiger partial charge is 0.408 e. The quantitative estimate of drug-likeness (QED) is 0.237. The molecule has 0 saturated heterocycles. The first-order valence-corrected chi connectivity index (χ1v) is 11.2. The zero-order valence-corrected chi connectivity index (χ0v) is 18.7. The van der Waals surface area contributed by atoms with Crippen molar-refractivity contribution in [2.45, 2.75) is 122 Å². The molecule has 3 N–H and O–H groups in total. The zero-order chi connectivity index (χ0) is 21.3. The number of amides is 1. The Morgan fingerprint density at radius 3 is 1.93 bits per heavy atom. The number of allylic oxidation sites excluding steroid dienone is 1. The van der Waals surface area contributed by atoms with Crippen LogP contribution in [0, 0.1) is 0 Å². The summed E-state index contributed by atoms with van der Waals surface area (Å²) < 4.78 is 5.15. The van der Waals surface area contributed by atoms with Crippen LogP contribution in [0.15, 0.2) is 12.2 Å². The third-order valence-corrected chi connectivity index (χ3v) is 4.62. The van der Waals surface area contributed by atoms with Crippen LogP contribution < -0.4 is 5.32 Å². The Morgan fingerprint density at radius 2 is 1.46 bits per heavy atom. The highest BCUT2D eigenvalue weighted by atomic mass is 16.6. The average Bonchev–Trinajstić information content (AvgIpc) is 2.61. The van der Waals surface area contributed by atoms with Gasteiger partial charge in [0.15, 0.2) is 0 Å². The normalized spacial score (nSPS) is 14.2. The Balaban J connectivity index is 3.75. The van der Waals surface area contributed by atoms with E-state index in [1.165, 1.54) is 64.2 Å². The third-order valence-electron chi connectivity index (χ3n) is 4.62. The number of carbonyl (C=O) groups is 1. The van der Waals surface area contributed by atoms with Crippen LogP contribution in [0.3, 0.4) is 0 Å². The molecule has 0 aromatic rings. The van der Waals surface area contributed by atoms with E-state index in [0.29, 0.717) is 0 Å². The Bertz CT molecular complexity index is 404. The molecule has 0 unspecified atom stereocenters. The maximum Gasteiger partial charge on any atom is 0.408 e. The summed E-state index contributed by atoms with van der Waals surface area (Å²) in [5.41, 5.74) is -0.611. The molecule has 0 fully saturated rings.